The molecule has 74 valence electrons. The third-order valence-corrected chi connectivity index (χ3v) is 3.06. The van der Waals surface area contributed by atoms with Crippen molar-refractivity contribution in [2.75, 3.05) is 0 Å². The molecule has 0 radical (unpaired) electrons. The second kappa shape index (κ2) is 4.72. The Labute approximate surface area is 96.1 Å². The van der Waals surface area contributed by atoms with E-state index in [0.717, 1.165) is 0 Å². The van der Waals surface area contributed by atoms with Crippen LogP contribution in [0.4, 0.5) is 0 Å². The van der Waals surface area contributed by atoms with Crippen LogP contribution in [0.1, 0.15) is 28.4 Å². The van der Waals surface area contributed by atoms with E-state index < -0.39 is 4.83 Å². The first-order valence-electron chi connectivity index (χ1n) is 4.19. The Kier molecular flexibility index (Phi) is 3.60. The number of hydrogen-bond acceptors (Lipinski definition) is 3. The number of nitrogens with zero attached hydrogens (tertiary/aromatic N) is 2. The van der Waals surface area contributed by atoms with Crippen molar-refractivity contribution in [3.63, 3.8) is 0 Å². The lowest BCUT2D eigenvalue weighted by atomic mass is 9.98. The van der Waals surface area contributed by atoms with Crippen molar-refractivity contribution < 1.29 is 4.79 Å². The first-order chi connectivity index (χ1) is 7.11. The molecular formula is C11H7BrN2O. The maximum atomic E-state index is 11.2. The highest BCUT2D eigenvalue weighted by molar-refractivity contribution is 9.09. The summed E-state index contributed by atoms with van der Waals surface area (Å²) in [5, 5.41) is 17.8. The molecule has 0 saturated heterocycles. The standard InChI is InChI=1S/C11H7BrN2O/c1-7(15)11(12)10-8(5-13)3-2-4-9(10)6-14/h2-4,11H,1H3. The predicted molar refractivity (Wildman–Crippen MR) is 58.2 cm³/mol. The highest BCUT2D eigenvalue weighted by Gasteiger charge is 2.20. The number of carbonyl (C=O) groups is 1. The van der Waals surface area contributed by atoms with Crippen molar-refractivity contribution in [3.8, 4) is 12.1 Å². The summed E-state index contributed by atoms with van der Waals surface area (Å²) in [6, 6.07) is 8.75. The summed E-state index contributed by atoms with van der Waals surface area (Å²) in [6.45, 7) is 1.41. The van der Waals surface area contributed by atoms with Crippen molar-refractivity contribution in [2.45, 2.75) is 11.8 Å². The molecule has 0 amide bonds. The monoisotopic (exact) mass is 262 g/mol. The van der Waals surface area contributed by atoms with Gasteiger partial charge >= 0.3 is 0 Å². The highest BCUT2D eigenvalue weighted by atomic mass is 79.9. The maximum absolute atomic E-state index is 11.2. The van der Waals surface area contributed by atoms with Crippen LogP contribution in [0.5, 0.6) is 0 Å². The van der Waals surface area contributed by atoms with Crippen molar-refractivity contribution in [1.82, 2.24) is 0 Å². The van der Waals surface area contributed by atoms with Gasteiger partial charge in [-0.15, -0.1) is 0 Å². The van der Waals surface area contributed by atoms with Gasteiger partial charge in [-0.2, -0.15) is 10.5 Å². The molecule has 0 fully saturated rings. The minimum atomic E-state index is -0.594. The summed E-state index contributed by atoms with van der Waals surface area (Å²) in [5.41, 5.74) is 1.16. The molecule has 0 spiro atoms. The first-order valence-corrected chi connectivity index (χ1v) is 5.11. The lowest BCUT2D eigenvalue weighted by molar-refractivity contribution is -0.116. The topological polar surface area (TPSA) is 64.7 Å². The molecular weight excluding hydrogens is 256 g/mol. The number of ketones is 1. The van der Waals surface area contributed by atoms with Crippen LogP contribution in [-0.2, 0) is 4.79 Å². The second-order valence-electron chi connectivity index (χ2n) is 2.96. The van der Waals surface area contributed by atoms with Crippen molar-refractivity contribution in [3.05, 3.63) is 34.9 Å². The number of hydrogen-bond donors (Lipinski definition) is 0. The largest absolute Gasteiger partial charge is 0.298 e. The Morgan fingerprint density at radius 1 is 1.33 bits per heavy atom. The lowest BCUT2D eigenvalue weighted by Crippen LogP contribution is -2.05. The molecule has 0 heterocycles. The smallest absolute Gasteiger partial charge is 0.147 e. The van der Waals surface area contributed by atoms with Crippen molar-refractivity contribution in [1.29, 1.82) is 10.5 Å². The third-order valence-electron chi connectivity index (χ3n) is 1.96. The number of carbonyl (C=O) groups excluding carboxylic acids is 1. The molecule has 4 heteroatoms. The van der Waals surface area contributed by atoms with E-state index in [0.29, 0.717) is 16.7 Å². The molecule has 0 N–H and O–H groups in total. The minimum Gasteiger partial charge on any atom is -0.298 e. The molecule has 15 heavy (non-hydrogen) atoms. The molecule has 1 aromatic carbocycles. The lowest BCUT2D eigenvalue weighted by Gasteiger charge is -2.09. The van der Waals surface area contributed by atoms with Gasteiger partial charge in [0.05, 0.1) is 23.3 Å². The first kappa shape index (κ1) is 11.4. The van der Waals surface area contributed by atoms with Gasteiger partial charge in [0.1, 0.15) is 10.6 Å². The highest BCUT2D eigenvalue weighted by Crippen LogP contribution is 2.29. The van der Waals surface area contributed by atoms with Crippen LogP contribution in [-0.4, -0.2) is 5.78 Å². The fraction of sp³-hybridized carbons (Fsp3) is 0.182. The summed E-state index contributed by atoms with van der Waals surface area (Å²) in [4.78, 5) is 10.6. The predicted octanol–water partition coefficient (Wildman–Crippen LogP) is 2.45. The summed E-state index contributed by atoms with van der Waals surface area (Å²) in [7, 11) is 0. The molecule has 0 aromatic heterocycles. The second-order valence-corrected chi connectivity index (χ2v) is 3.88. The molecule has 1 aromatic rings. The van der Waals surface area contributed by atoms with Gasteiger partial charge in [0.2, 0.25) is 0 Å². The van der Waals surface area contributed by atoms with Crippen LogP contribution >= 0.6 is 15.9 Å². The fourth-order valence-electron chi connectivity index (χ4n) is 1.24. The normalized spacial score (nSPS) is 11.2. The van der Waals surface area contributed by atoms with Crippen LogP contribution in [0.15, 0.2) is 18.2 Å². The van der Waals surface area contributed by atoms with Crippen LogP contribution in [0.2, 0.25) is 0 Å². The van der Waals surface area contributed by atoms with E-state index in [4.69, 9.17) is 10.5 Å². The van der Waals surface area contributed by atoms with E-state index in [-0.39, 0.29) is 5.78 Å². The van der Waals surface area contributed by atoms with Crippen molar-refractivity contribution in [2.24, 2.45) is 0 Å². The fourth-order valence-corrected chi connectivity index (χ4v) is 1.73. The zero-order valence-corrected chi connectivity index (χ0v) is 9.58. The van der Waals surface area contributed by atoms with Gasteiger partial charge in [-0.1, -0.05) is 22.0 Å². The van der Waals surface area contributed by atoms with Gasteiger partial charge in [-0.05, 0) is 19.1 Å². The van der Waals surface area contributed by atoms with E-state index in [9.17, 15) is 4.79 Å². The van der Waals surface area contributed by atoms with Crippen LogP contribution in [0.3, 0.4) is 0 Å². The number of nitriles is 2. The summed E-state index contributed by atoms with van der Waals surface area (Å²) >= 11 is 3.18. The zero-order valence-electron chi connectivity index (χ0n) is 7.99. The number of alkyl halides is 1. The van der Waals surface area contributed by atoms with E-state index in [1.807, 2.05) is 12.1 Å². The Hall–Kier alpha value is -1.65. The van der Waals surface area contributed by atoms with Crippen molar-refractivity contribution >= 4 is 21.7 Å². The minimum absolute atomic E-state index is 0.130. The van der Waals surface area contributed by atoms with Gasteiger partial charge in [0.25, 0.3) is 0 Å². The number of Topliss-reactive ketones (excluding diaryl/α,β-unsaturated/α-hetero) is 1. The van der Waals surface area contributed by atoms with E-state index >= 15 is 0 Å². The molecule has 3 nitrogen and oxygen atoms in total. The Bertz CT molecular complexity index is 450. The number of rotatable bonds is 2. The van der Waals surface area contributed by atoms with Crippen LogP contribution in [0.25, 0.3) is 0 Å². The van der Waals surface area contributed by atoms with Gasteiger partial charge in [0, 0.05) is 5.56 Å². The summed E-state index contributed by atoms with van der Waals surface area (Å²) < 4.78 is 0. The number of benzene rings is 1. The molecule has 1 atom stereocenters. The Balaban J connectivity index is 3.44. The Morgan fingerprint density at radius 3 is 2.13 bits per heavy atom. The third kappa shape index (κ3) is 2.23. The quantitative estimate of drug-likeness (QED) is 0.770. The average molecular weight is 263 g/mol. The van der Waals surface area contributed by atoms with E-state index in [1.165, 1.54) is 6.92 Å². The molecule has 0 aliphatic heterocycles. The van der Waals surface area contributed by atoms with Crippen LogP contribution in [0, 0.1) is 22.7 Å². The molecule has 1 rings (SSSR count). The van der Waals surface area contributed by atoms with E-state index in [2.05, 4.69) is 15.9 Å². The molecule has 1 unspecified atom stereocenters. The maximum Gasteiger partial charge on any atom is 0.147 e. The zero-order chi connectivity index (χ0) is 11.4. The average Bonchev–Trinajstić information content (AvgIpc) is 2.26. The summed E-state index contributed by atoms with van der Waals surface area (Å²) in [5.74, 6) is -0.130. The Morgan fingerprint density at radius 2 is 1.80 bits per heavy atom. The van der Waals surface area contributed by atoms with Gasteiger partial charge in [-0.3, -0.25) is 4.79 Å². The molecule has 0 aliphatic carbocycles. The van der Waals surface area contributed by atoms with Gasteiger partial charge < -0.3 is 0 Å². The SMILES string of the molecule is CC(=O)C(Br)c1c(C#N)cccc1C#N. The molecule has 0 aliphatic rings. The molecule has 0 saturated carbocycles. The number of halogens is 1. The van der Waals surface area contributed by atoms with Crippen LogP contribution < -0.4 is 0 Å². The van der Waals surface area contributed by atoms with E-state index in [1.54, 1.807) is 18.2 Å². The van der Waals surface area contributed by atoms with Gasteiger partial charge in [0.15, 0.2) is 0 Å². The summed E-state index contributed by atoms with van der Waals surface area (Å²) in [6.07, 6.45) is 0. The van der Waals surface area contributed by atoms with Gasteiger partial charge in [-0.25, -0.2) is 0 Å². The molecule has 0 bridgehead atoms.